The number of thioether (sulfide) groups is 1. The van der Waals surface area contributed by atoms with Crippen LogP contribution in [-0.4, -0.2) is 31.1 Å². The van der Waals surface area contributed by atoms with Gasteiger partial charge in [-0.25, -0.2) is 13.1 Å². The van der Waals surface area contributed by atoms with Crippen LogP contribution in [0.2, 0.25) is 0 Å². The summed E-state index contributed by atoms with van der Waals surface area (Å²) in [6.45, 7) is 1.73. The fourth-order valence-electron chi connectivity index (χ4n) is 2.65. The summed E-state index contributed by atoms with van der Waals surface area (Å²) in [5, 5.41) is 9.01. The molecule has 1 aromatic heterocycles. The maximum Gasteiger partial charge on any atom is 0.244 e. The van der Waals surface area contributed by atoms with Crippen molar-refractivity contribution in [1.82, 2.24) is 4.72 Å². The number of aliphatic hydroxyl groups is 1. The van der Waals surface area contributed by atoms with Gasteiger partial charge in [-0.15, -0.1) is 0 Å². The Morgan fingerprint density at radius 1 is 1.45 bits per heavy atom. The zero-order valence-electron chi connectivity index (χ0n) is 11.8. The molecule has 1 aliphatic rings. The SMILES string of the molecule is CSC1(CNS(=O)(=O)c2cc(CO)oc2C)CCCC1. The molecule has 2 N–H and O–H groups in total. The van der Waals surface area contributed by atoms with E-state index in [1.165, 1.54) is 6.07 Å². The van der Waals surface area contributed by atoms with Crippen molar-refractivity contribution >= 4 is 21.8 Å². The average molecular weight is 319 g/mol. The maximum absolute atomic E-state index is 12.3. The number of nitrogens with one attached hydrogen (secondary N) is 1. The lowest BCUT2D eigenvalue weighted by molar-refractivity contribution is 0.244. The first-order valence-corrected chi connectivity index (χ1v) is 9.38. The van der Waals surface area contributed by atoms with Crippen LogP contribution in [0.3, 0.4) is 0 Å². The van der Waals surface area contributed by atoms with E-state index in [0.29, 0.717) is 12.3 Å². The molecule has 0 saturated heterocycles. The lowest BCUT2D eigenvalue weighted by atomic mass is 10.1. The number of hydrogen-bond donors (Lipinski definition) is 2. The predicted molar refractivity (Wildman–Crippen MR) is 79.3 cm³/mol. The minimum atomic E-state index is -3.58. The molecule has 2 rings (SSSR count). The summed E-state index contributed by atoms with van der Waals surface area (Å²) in [4.78, 5) is 0.121. The topological polar surface area (TPSA) is 79.5 Å². The van der Waals surface area contributed by atoms with Gasteiger partial charge in [0.05, 0.1) is 0 Å². The van der Waals surface area contributed by atoms with Crippen molar-refractivity contribution in [2.45, 2.75) is 48.9 Å². The van der Waals surface area contributed by atoms with E-state index in [4.69, 9.17) is 9.52 Å². The van der Waals surface area contributed by atoms with Gasteiger partial charge in [0.25, 0.3) is 0 Å². The van der Waals surface area contributed by atoms with Crippen LogP contribution in [0.1, 0.15) is 37.2 Å². The van der Waals surface area contributed by atoms with Crippen molar-refractivity contribution in [3.63, 3.8) is 0 Å². The minimum Gasteiger partial charge on any atom is -0.462 e. The molecule has 1 saturated carbocycles. The van der Waals surface area contributed by atoms with Crippen LogP contribution in [0.15, 0.2) is 15.4 Å². The van der Waals surface area contributed by atoms with Crippen LogP contribution < -0.4 is 4.72 Å². The normalized spacial score (nSPS) is 18.6. The molecule has 1 heterocycles. The number of hydrogen-bond acceptors (Lipinski definition) is 5. The zero-order chi connectivity index (χ0) is 14.8. The molecule has 0 spiro atoms. The summed E-state index contributed by atoms with van der Waals surface area (Å²) in [7, 11) is -3.58. The molecule has 114 valence electrons. The summed E-state index contributed by atoms with van der Waals surface area (Å²) in [5.74, 6) is 0.578. The fourth-order valence-corrected chi connectivity index (χ4v) is 4.98. The third-order valence-corrected chi connectivity index (χ3v) is 6.83. The molecule has 0 unspecified atom stereocenters. The first-order valence-electron chi connectivity index (χ1n) is 6.67. The highest BCUT2D eigenvalue weighted by Crippen LogP contribution is 2.39. The highest BCUT2D eigenvalue weighted by molar-refractivity contribution is 8.00. The van der Waals surface area contributed by atoms with Gasteiger partial charge < -0.3 is 9.52 Å². The standard InChI is InChI=1S/C13H21NO4S2/c1-10-12(7-11(8-15)18-10)20(16,17)14-9-13(19-2)5-3-4-6-13/h7,14-15H,3-6,8-9H2,1-2H3. The third-order valence-electron chi connectivity index (χ3n) is 3.90. The Balaban J connectivity index is 2.12. The van der Waals surface area contributed by atoms with Gasteiger partial charge in [0.2, 0.25) is 10.0 Å². The predicted octanol–water partition coefficient (Wildman–Crippen LogP) is 2.03. The molecule has 0 aliphatic heterocycles. The third kappa shape index (κ3) is 3.21. The molecule has 7 heteroatoms. The van der Waals surface area contributed by atoms with E-state index in [2.05, 4.69) is 4.72 Å². The second-order valence-corrected chi connectivity index (χ2v) is 8.22. The van der Waals surface area contributed by atoms with Gasteiger partial charge in [0.1, 0.15) is 23.0 Å². The Bertz CT molecular complexity index is 559. The summed E-state index contributed by atoms with van der Waals surface area (Å²) in [5.41, 5.74) is 0. The molecule has 0 radical (unpaired) electrons. The monoisotopic (exact) mass is 319 g/mol. The fraction of sp³-hybridized carbons (Fsp3) is 0.692. The molecule has 0 atom stereocenters. The number of aliphatic hydroxyl groups excluding tert-OH is 1. The molecule has 20 heavy (non-hydrogen) atoms. The van der Waals surface area contributed by atoms with E-state index in [0.717, 1.165) is 25.7 Å². The van der Waals surface area contributed by atoms with E-state index >= 15 is 0 Å². The first-order chi connectivity index (χ1) is 9.42. The summed E-state index contributed by atoms with van der Waals surface area (Å²) < 4.78 is 32.6. The van der Waals surface area contributed by atoms with Crippen molar-refractivity contribution in [3.8, 4) is 0 Å². The van der Waals surface area contributed by atoms with Gasteiger partial charge in [-0.05, 0) is 26.0 Å². The second kappa shape index (κ2) is 6.09. The van der Waals surface area contributed by atoms with Crippen molar-refractivity contribution in [2.24, 2.45) is 0 Å². The smallest absolute Gasteiger partial charge is 0.244 e. The van der Waals surface area contributed by atoms with E-state index in [1.54, 1.807) is 18.7 Å². The Morgan fingerprint density at radius 2 is 2.10 bits per heavy atom. The van der Waals surface area contributed by atoms with Crippen molar-refractivity contribution in [1.29, 1.82) is 0 Å². The summed E-state index contributed by atoms with van der Waals surface area (Å²) in [6.07, 6.45) is 6.43. The molecule has 0 bridgehead atoms. The van der Waals surface area contributed by atoms with Gasteiger partial charge >= 0.3 is 0 Å². The Kier molecular flexibility index (Phi) is 4.84. The van der Waals surface area contributed by atoms with Crippen LogP contribution >= 0.6 is 11.8 Å². The van der Waals surface area contributed by atoms with Crippen molar-refractivity contribution in [2.75, 3.05) is 12.8 Å². The quantitative estimate of drug-likeness (QED) is 0.839. The number of sulfonamides is 1. The van der Waals surface area contributed by atoms with E-state index in [-0.39, 0.29) is 22.0 Å². The largest absolute Gasteiger partial charge is 0.462 e. The van der Waals surface area contributed by atoms with Crippen LogP contribution in [-0.2, 0) is 16.6 Å². The lowest BCUT2D eigenvalue weighted by Crippen LogP contribution is -2.38. The van der Waals surface area contributed by atoms with Crippen LogP contribution in [0.4, 0.5) is 0 Å². The molecule has 0 amide bonds. The molecular weight excluding hydrogens is 298 g/mol. The van der Waals surface area contributed by atoms with Gasteiger partial charge in [0.15, 0.2) is 0 Å². The highest BCUT2D eigenvalue weighted by Gasteiger charge is 2.34. The van der Waals surface area contributed by atoms with E-state index < -0.39 is 10.0 Å². The first kappa shape index (κ1) is 15.9. The second-order valence-electron chi connectivity index (χ2n) is 5.21. The van der Waals surface area contributed by atoms with Gasteiger partial charge in [-0.1, -0.05) is 12.8 Å². The number of furan rings is 1. The van der Waals surface area contributed by atoms with Crippen LogP contribution in [0.5, 0.6) is 0 Å². The van der Waals surface area contributed by atoms with Gasteiger partial charge in [-0.3, -0.25) is 0 Å². The number of rotatable bonds is 6. The highest BCUT2D eigenvalue weighted by atomic mass is 32.2. The Labute approximate surface area is 124 Å². The summed E-state index contributed by atoms with van der Waals surface area (Å²) in [6, 6.07) is 1.39. The van der Waals surface area contributed by atoms with Crippen molar-refractivity contribution < 1.29 is 17.9 Å². The Morgan fingerprint density at radius 3 is 2.60 bits per heavy atom. The molecule has 0 aromatic carbocycles. The maximum atomic E-state index is 12.3. The molecule has 1 aromatic rings. The minimum absolute atomic E-state index is 0.0184. The summed E-state index contributed by atoms with van der Waals surface area (Å²) >= 11 is 1.74. The molecule has 5 nitrogen and oxygen atoms in total. The van der Waals surface area contributed by atoms with Gasteiger partial charge in [-0.2, -0.15) is 11.8 Å². The van der Waals surface area contributed by atoms with E-state index in [1.807, 2.05) is 6.26 Å². The molecular formula is C13H21NO4S2. The van der Waals surface area contributed by atoms with Crippen molar-refractivity contribution in [3.05, 3.63) is 17.6 Å². The van der Waals surface area contributed by atoms with Crippen LogP contribution in [0.25, 0.3) is 0 Å². The van der Waals surface area contributed by atoms with Gasteiger partial charge in [0, 0.05) is 17.4 Å². The lowest BCUT2D eigenvalue weighted by Gasteiger charge is -2.26. The van der Waals surface area contributed by atoms with E-state index in [9.17, 15) is 8.42 Å². The molecule has 1 aliphatic carbocycles. The number of aryl methyl sites for hydroxylation is 1. The zero-order valence-corrected chi connectivity index (χ0v) is 13.4. The van der Waals surface area contributed by atoms with Crippen LogP contribution in [0, 0.1) is 6.92 Å². The average Bonchev–Trinajstić information content (AvgIpc) is 3.04. The Hall–Kier alpha value is -0.500. The molecule has 1 fully saturated rings.